The molecule has 0 radical (unpaired) electrons. The van der Waals surface area contributed by atoms with Crippen LogP contribution in [0.2, 0.25) is 0 Å². The van der Waals surface area contributed by atoms with Gasteiger partial charge < -0.3 is 0 Å². The zero-order chi connectivity index (χ0) is 11.2. The standard InChI is InChI=1S/C8H13NO2S.C2H6/c1-7-5-3-4-6-8(7)12(10,11)9-2;1-2/h4,6,9H,3,5H2,1-2H3;1-2H3. The van der Waals surface area contributed by atoms with E-state index in [0.29, 0.717) is 4.91 Å². The molecule has 0 aromatic rings. The number of hydrogen-bond acceptors (Lipinski definition) is 2. The van der Waals surface area contributed by atoms with Gasteiger partial charge >= 0.3 is 0 Å². The second kappa shape index (κ2) is 5.98. The van der Waals surface area contributed by atoms with Crippen molar-refractivity contribution in [1.29, 1.82) is 0 Å². The van der Waals surface area contributed by atoms with Crippen molar-refractivity contribution in [3.8, 4) is 0 Å². The van der Waals surface area contributed by atoms with Gasteiger partial charge in [0.25, 0.3) is 0 Å². The van der Waals surface area contributed by atoms with Crippen LogP contribution in [0.15, 0.2) is 22.6 Å². The maximum atomic E-state index is 11.3. The molecule has 4 heteroatoms. The third-order valence-corrected chi connectivity index (χ3v) is 3.54. The largest absolute Gasteiger partial charge is 0.240 e. The minimum Gasteiger partial charge on any atom is -0.214 e. The Labute approximate surface area is 87.0 Å². The highest BCUT2D eigenvalue weighted by atomic mass is 32.2. The van der Waals surface area contributed by atoms with E-state index >= 15 is 0 Å². The van der Waals surface area contributed by atoms with Crippen molar-refractivity contribution in [2.75, 3.05) is 7.05 Å². The van der Waals surface area contributed by atoms with Gasteiger partial charge in [-0.2, -0.15) is 0 Å². The van der Waals surface area contributed by atoms with Gasteiger partial charge in [-0.3, -0.25) is 0 Å². The van der Waals surface area contributed by atoms with E-state index in [1.165, 1.54) is 7.05 Å². The van der Waals surface area contributed by atoms with Gasteiger partial charge in [0.1, 0.15) is 0 Å². The number of nitrogens with one attached hydrogen (secondary N) is 1. The minimum atomic E-state index is -3.23. The van der Waals surface area contributed by atoms with E-state index in [1.54, 1.807) is 6.08 Å². The summed E-state index contributed by atoms with van der Waals surface area (Å²) in [7, 11) is -1.80. The smallest absolute Gasteiger partial charge is 0.214 e. The Hall–Kier alpha value is -0.610. The lowest BCUT2D eigenvalue weighted by Crippen LogP contribution is -2.21. The summed E-state index contributed by atoms with van der Waals surface area (Å²) >= 11 is 0. The second-order valence-electron chi connectivity index (χ2n) is 2.79. The first kappa shape index (κ1) is 13.4. The van der Waals surface area contributed by atoms with Crippen LogP contribution in [0.25, 0.3) is 0 Å². The molecule has 1 aliphatic rings. The maximum absolute atomic E-state index is 11.3. The van der Waals surface area contributed by atoms with Crippen LogP contribution in [0.3, 0.4) is 0 Å². The second-order valence-corrected chi connectivity index (χ2v) is 4.65. The third kappa shape index (κ3) is 3.27. The molecule has 0 saturated heterocycles. The summed E-state index contributed by atoms with van der Waals surface area (Å²) in [5, 5.41) is 0. The van der Waals surface area contributed by atoms with E-state index in [1.807, 2.05) is 26.8 Å². The Morgan fingerprint density at radius 1 is 1.36 bits per heavy atom. The van der Waals surface area contributed by atoms with Gasteiger partial charge in [-0.1, -0.05) is 25.5 Å². The molecular weight excluding hydrogens is 198 g/mol. The Bertz CT molecular complexity index is 326. The van der Waals surface area contributed by atoms with Crippen molar-refractivity contribution in [3.05, 3.63) is 22.6 Å². The summed E-state index contributed by atoms with van der Waals surface area (Å²) in [5.74, 6) is 0. The minimum absolute atomic E-state index is 0.427. The monoisotopic (exact) mass is 217 g/mol. The van der Waals surface area contributed by atoms with E-state index in [2.05, 4.69) is 4.72 Å². The van der Waals surface area contributed by atoms with Crippen LogP contribution in [-0.2, 0) is 10.0 Å². The molecule has 1 rings (SSSR count). The van der Waals surface area contributed by atoms with Crippen molar-refractivity contribution in [1.82, 2.24) is 4.72 Å². The van der Waals surface area contributed by atoms with Crippen LogP contribution in [0.1, 0.15) is 33.6 Å². The van der Waals surface area contributed by atoms with Crippen LogP contribution < -0.4 is 4.72 Å². The summed E-state index contributed by atoms with van der Waals surface area (Å²) in [5.41, 5.74) is 0.937. The van der Waals surface area contributed by atoms with E-state index < -0.39 is 10.0 Å². The van der Waals surface area contributed by atoms with Crippen LogP contribution in [0, 0.1) is 0 Å². The molecule has 0 bridgehead atoms. The molecule has 1 N–H and O–H groups in total. The predicted molar refractivity (Wildman–Crippen MR) is 60.4 cm³/mol. The lowest BCUT2D eigenvalue weighted by atomic mass is 10.1. The Balaban J connectivity index is 0.000000791. The van der Waals surface area contributed by atoms with Crippen molar-refractivity contribution in [3.63, 3.8) is 0 Å². The average molecular weight is 217 g/mol. The molecule has 1 aliphatic carbocycles. The fourth-order valence-corrected chi connectivity index (χ4v) is 2.24. The number of rotatable bonds is 2. The first-order valence-corrected chi connectivity index (χ1v) is 6.36. The SMILES string of the molecule is CC.CNS(=O)(=O)C1=C(C)CCC=C1. The molecule has 14 heavy (non-hydrogen) atoms. The quantitative estimate of drug-likeness (QED) is 0.770. The van der Waals surface area contributed by atoms with E-state index in [4.69, 9.17) is 0 Å². The summed E-state index contributed by atoms with van der Waals surface area (Å²) in [6, 6.07) is 0. The van der Waals surface area contributed by atoms with Crippen molar-refractivity contribution in [2.24, 2.45) is 0 Å². The molecule has 0 aromatic carbocycles. The summed E-state index contributed by atoms with van der Waals surface area (Å²) in [4.78, 5) is 0.427. The highest BCUT2D eigenvalue weighted by Crippen LogP contribution is 2.21. The molecule has 0 aliphatic heterocycles. The fraction of sp³-hybridized carbons (Fsp3) is 0.600. The summed E-state index contributed by atoms with van der Waals surface area (Å²) < 4.78 is 25.0. The van der Waals surface area contributed by atoms with Gasteiger partial charge in [-0.05, 0) is 32.9 Å². The van der Waals surface area contributed by atoms with E-state index in [-0.39, 0.29) is 0 Å². The van der Waals surface area contributed by atoms with Crippen molar-refractivity contribution < 1.29 is 8.42 Å². The molecule has 0 saturated carbocycles. The van der Waals surface area contributed by atoms with Gasteiger partial charge in [0.2, 0.25) is 10.0 Å². The summed E-state index contributed by atoms with van der Waals surface area (Å²) in [6.07, 6.45) is 5.34. The average Bonchev–Trinajstić information content (AvgIpc) is 2.21. The molecule has 0 amide bonds. The zero-order valence-electron chi connectivity index (χ0n) is 9.29. The number of sulfonamides is 1. The topological polar surface area (TPSA) is 46.2 Å². The van der Waals surface area contributed by atoms with Gasteiger partial charge in [-0.25, -0.2) is 13.1 Å². The first-order valence-electron chi connectivity index (χ1n) is 4.88. The van der Waals surface area contributed by atoms with Crippen molar-refractivity contribution >= 4 is 10.0 Å². The molecule has 0 fully saturated rings. The van der Waals surface area contributed by atoms with Gasteiger partial charge in [-0.15, -0.1) is 0 Å². The Morgan fingerprint density at radius 3 is 2.36 bits per heavy atom. The van der Waals surface area contributed by atoms with Crippen LogP contribution in [-0.4, -0.2) is 15.5 Å². The van der Waals surface area contributed by atoms with Gasteiger partial charge in [0.15, 0.2) is 0 Å². The Kier molecular flexibility index (Phi) is 5.72. The predicted octanol–water partition coefficient (Wildman–Crippen LogP) is 2.19. The molecule has 0 spiro atoms. The third-order valence-electron chi connectivity index (χ3n) is 1.93. The molecule has 0 aromatic heterocycles. The van der Waals surface area contributed by atoms with Gasteiger partial charge in [0, 0.05) is 0 Å². The zero-order valence-corrected chi connectivity index (χ0v) is 10.1. The molecule has 0 heterocycles. The van der Waals surface area contributed by atoms with E-state index in [0.717, 1.165) is 18.4 Å². The molecule has 0 unspecified atom stereocenters. The highest BCUT2D eigenvalue weighted by Gasteiger charge is 2.16. The van der Waals surface area contributed by atoms with E-state index in [9.17, 15) is 8.42 Å². The lowest BCUT2D eigenvalue weighted by Gasteiger charge is -2.11. The van der Waals surface area contributed by atoms with Crippen LogP contribution >= 0.6 is 0 Å². The van der Waals surface area contributed by atoms with Crippen molar-refractivity contribution in [2.45, 2.75) is 33.6 Å². The lowest BCUT2D eigenvalue weighted by molar-refractivity contribution is 0.594. The van der Waals surface area contributed by atoms with Gasteiger partial charge in [0.05, 0.1) is 4.91 Å². The normalized spacial score (nSPS) is 16.3. The number of hydrogen-bond donors (Lipinski definition) is 1. The summed E-state index contributed by atoms with van der Waals surface area (Å²) in [6.45, 7) is 5.85. The first-order chi connectivity index (χ1) is 6.58. The molecule has 3 nitrogen and oxygen atoms in total. The number of allylic oxidation sites excluding steroid dienone is 3. The Morgan fingerprint density at radius 2 is 1.93 bits per heavy atom. The van der Waals surface area contributed by atoms with Crippen LogP contribution in [0.4, 0.5) is 0 Å². The van der Waals surface area contributed by atoms with Crippen LogP contribution in [0.5, 0.6) is 0 Å². The maximum Gasteiger partial charge on any atom is 0.240 e. The highest BCUT2D eigenvalue weighted by molar-refractivity contribution is 7.93. The molecular formula is C10H19NO2S. The molecule has 82 valence electrons. The molecule has 0 atom stereocenters. The fourth-order valence-electron chi connectivity index (χ4n) is 1.18.